The van der Waals surface area contributed by atoms with E-state index in [4.69, 9.17) is 18.6 Å². The van der Waals surface area contributed by atoms with Gasteiger partial charge in [-0.15, -0.1) is 12.4 Å². The van der Waals surface area contributed by atoms with Crippen molar-refractivity contribution in [3.8, 4) is 0 Å². The Bertz CT molecular complexity index is 913. The van der Waals surface area contributed by atoms with E-state index in [2.05, 4.69) is 51.5 Å². The lowest BCUT2D eigenvalue weighted by molar-refractivity contribution is 0.00578. The fraction of sp³-hybridized carbons (Fsp3) is 0.655. The van der Waals surface area contributed by atoms with E-state index in [1.54, 1.807) is 19.2 Å². The Hall–Kier alpha value is -1.48. The van der Waals surface area contributed by atoms with Crippen LogP contribution >= 0.6 is 12.4 Å². The first-order valence-electron chi connectivity index (χ1n) is 12.8. The molecule has 10 heteroatoms. The molecule has 39 heavy (non-hydrogen) atoms. The zero-order valence-electron chi connectivity index (χ0n) is 24.2. The predicted molar refractivity (Wildman–Crippen MR) is 165 cm³/mol. The number of aliphatic hydroxyl groups excluding tert-OH is 1. The Kier molecular flexibility index (Phi) is 12.9. The highest BCUT2D eigenvalue weighted by molar-refractivity contribution is 6.62. The number of aromatic nitrogens is 2. The second kappa shape index (κ2) is 13.5. The van der Waals surface area contributed by atoms with E-state index in [1.165, 1.54) is 0 Å². The third kappa shape index (κ3) is 8.27. The molecule has 2 saturated heterocycles. The van der Waals surface area contributed by atoms with E-state index in [1.807, 2.05) is 52.1 Å². The van der Waals surface area contributed by atoms with Gasteiger partial charge in [0, 0.05) is 29.0 Å². The molecule has 2 aromatic rings. The minimum Gasteiger partial charge on any atom is -0.399 e. The smallest absolute Gasteiger partial charge is 0.399 e. The summed E-state index contributed by atoms with van der Waals surface area (Å²) in [6.07, 6.45) is 3.00. The van der Waals surface area contributed by atoms with Gasteiger partial charge in [-0.05, 0) is 80.4 Å². The monoisotopic (exact) mass is 568 g/mol. The number of nitrogens with zero attached hydrogens (tertiary/aromatic N) is 2. The number of rotatable bonds is 4. The SMILES string of the molecule is C.C.C[14CH](C)c1ccc(B2OC(C)(C)C(C)(C)O2)cn1.C[14CH](O)c1ccc(B2OC(C)(C)C(C)(C)O2)cn1.Cl. The van der Waals surface area contributed by atoms with Crippen LogP contribution in [0.1, 0.15) is 114 Å². The average Bonchev–Trinajstić information content (AvgIpc) is 3.14. The van der Waals surface area contributed by atoms with Gasteiger partial charge >= 0.3 is 14.2 Å². The van der Waals surface area contributed by atoms with E-state index in [0.29, 0.717) is 11.6 Å². The maximum Gasteiger partial charge on any atom is 0.496 e. The number of pyridine rings is 2. The van der Waals surface area contributed by atoms with Gasteiger partial charge < -0.3 is 23.7 Å². The maximum atomic E-state index is 9.42. The molecule has 0 radical (unpaired) electrons. The van der Waals surface area contributed by atoms with Crippen molar-refractivity contribution < 1.29 is 23.7 Å². The Morgan fingerprint density at radius 1 is 0.615 bits per heavy atom. The normalized spacial score (nSPS) is 20.6. The summed E-state index contributed by atoms with van der Waals surface area (Å²) in [5, 5.41) is 9.42. The minimum atomic E-state index is -0.558. The van der Waals surface area contributed by atoms with Gasteiger partial charge in [-0.3, -0.25) is 9.97 Å². The highest BCUT2D eigenvalue weighted by atomic mass is 35.5. The van der Waals surface area contributed by atoms with Gasteiger partial charge in [0.2, 0.25) is 0 Å². The quantitative estimate of drug-likeness (QED) is 0.479. The molecule has 1 N–H and O–H groups in total. The average molecular weight is 569 g/mol. The van der Waals surface area contributed by atoms with E-state index in [-0.39, 0.29) is 56.8 Å². The van der Waals surface area contributed by atoms with Crippen molar-refractivity contribution in [2.24, 2.45) is 0 Å². The van der Waals surface area contributed by atoms with Gasteiger partial charge in [0.1, 0.15) is 0 Å². The van der Waals surface area contributed by atoms with Gasteiger partial charge in [-0.2, -0.15) is 0 Å². The molecule has 7 nitrogen and oxygen atoms in total. The van der Waals surface area contributed by atoms with Crippen LogP contribution in [0.2, 0.25) is 0 Å². The fourth-order valence-corrected chi connectivity index (χ4v) is 3.66. The van der Waals surface area contributed by atoms with Crippen LogP contribution in [-0.4, -0.2) is 51.7 Å². The number of hydrogen-bond donors (Lipinski definition) is 1. The van der Waals surface area contributed by atoms with Crippen molar-refractivity contribution in [3.05, 3.63) is 48.0 Å². The Labute approximate surface area is 244 Å². The largest absolute Gasteiger partial charge is 0.496 e. The zero-order valence-corrected chi connectivity index (χ0v) is 25.0. The minimum absolute atomic E-state index is 0. The van der Waals surface area contributed by atoms with Crippen molar-refractivity contribution in [2.75, 3.05) is 0 Å². The van der Waals surface area contributed by atoms with Crippen molar-refractivity contribution >= 4 is 37.6 Å². The summed E-state index contributed by atoms with van der Waals surface area (Å²) in [7, 11) is -0.714. The molecule has 1 atom stereocenters. The summed E-state index contributed by atoms with van der Waals surface area (Å²) in [5.74, 6) is 0.442. The summed E-state index contributed by atoms with van der Waals surface area (Å²) < 4.78 is 23.8. The summed E-state index contributed by atoms with van der Waals surface area (Å²) in [5.41, 5.74) is 2.31. The van der Waals surface area contributed by atoms with Crippen LogP contribution in [-0.2, 0) is 18.6 Å². The van der Waals surface area contributed by atoms with Crippen LogP contribution in [0.25, 0.3) is 0 Å². The molecule has 0 aliphatic carbocycles. The fourth-order valence-electron chi connectivity index (χ4n) is 3.66. The highest BCUT2D eigenvalue weighted by Gasteiger charge is 2.52. The van der Waals surface area contributed by atoms with Gasteiger partial charge in [0.15, 0.2) is 0 Å². The molecule has 0 spiro atoms. The molecule has 0 aromatic carbocycles. The van der Waals surface area contributed by atoms with E-state index in [0.717, 1.165) is 16.6 Å². The molecule has 0 bridgehead atoms. The second-order valence-corrected chi connectivity index (χ2v) is 12.0. The lowest BCUT2D eigenvalue weighted by Crippen LogP contribution is -2.41. The molecule has 2 fully saturated rings. The first-order valence-corrected chi connectivity index (χ1v) is 12.8. The molecular formula is C29H51B2ClN2O5. The summed E-state index contributed by atoms with van der Waals surface area (Å²) in [6, 6.07) is 7.78. The third-order valence-corrected chi connectivity index (χ3v) is 7.69. The van der Waals surface area contributed by atoms with E-state index < -0.39 is 13.2 Å². The van der Waals surface area contributed by atoms with Crippen LogP contribution in [0.5, 0.6) is 0 Å². The Morgan fingerprint density at radius 2 is 0.923 bits per heavy atom. The van der Waals surface area contributed by atoms with Crippen LogP contribution in [0, 0.1) is 0 Å². The van der Waals surface area contributed by atoms with Crippen LogP contribution < -0.4 is 10.9 Å². The molecule has 2 aromatic heterocycles. The Morgan fingerprint density at radius 3 is 1.15 bits per heavy atom. The standard InChI is InChI=1S/C14H22BNO2.C13H20BNO3.2CH4.ClH/c1-10(2)12-8-7-11(9-16-12)15-17-13(3,4)14(5,6)18-15;1-9(16)11-7-6-10(8-15-11)14-17-12(2,3)13(4,5)18-14;;;/h7-10H,1-6H3;6-9,16H,1-5H3;2*1H4;1H/i10+2;9+2;;;. The van der Waals surface area contributed by atoms with Crippen LogP contribution in [0.4, 0.5) is 0 Å². The molecule has 4 rings (SSSR count). The molecule has 220 valence electrons. The lowest BCUT2D eigenvalue weighted by Gasteiger charge is -2.32. The molecule has 1 unspecified atom stereocenters. The van der Waals surface area contributed by atoms with Gasteiger partial charge in [-0.25, -0.2) is 0 Å². The summed E-state index contributed by atoms with van der Waals surface area (Å²) in [6.45, 7) is 22.3. The van der Waals surface area contributed by atoms with E-state index in [9.17, 15) is 5.11 Å². The molecule has 2 aliphatic heterocycles. The highest BCUT2D eigenvalue weighted by Crippen LogP contribution is 2.37. The molecule has 2 aliphatic rings. The molecular weight excluding hydrogens is 517 g/mol. The van der Waals surface area contributed by atoms with Crippen molar-refractivity contribution in [2.45, 2.75) is 125 Å². The van der Waals surface area contributed by atoms with Gasteiger partial charge in [0.25, 0.3) is 0 Å². The van der Waals surface area contributed by atoms with Crippen molar-refractivity contribution in [1.29, 1.82) is 0 Å². The van der Waals surface area contributed by atoms with Crippen LogP contribution in [0.3, 0.4) is 0 Å². The molecule has 0 saturated carbocycles. The zero-order chi connectivity index (χ0) is 27.1. The van der Waals surface area contributed by atoms with E-state index >= 15 is 0 Å². The lowest BCUT2D eigenvalue weighted by atomic mass is 9.80. The second-order valence-electron chi connectivity index (χ2n) is 12.0. The topological polar surface area (TPSA) is 82.9 Å². The first-order chi connectivity index (χ1) is 16.5. The van der Waals surface area contributed by atoms with Crippen LogP contribution in [0.15, 0.2) is 36.7 Å². The van der Waals surface area contributed by atoms with Crippen molar-refractivity contribution in [1.82, 2.24) is 9.97 Å². The van der Waals surface area contributed by atoms with Gasteiger partial charge in [-0.1, -0.05) is 40.8 Å². The first kappa shape index (κ1) is 37.5. The molecule has 0 amide bonds. The number of hydrogen-bond acceptors (Lipinski definition) is 7. The Balaban J connectivity index is 0.000000688. The molecule has 4 heterocycles. The van der Waals surface area contributed by atoms with Crippen molar-refractivity contribution in [3.63, 3.8) is 0 Å². The maximum absolute atomic E-state index is 9.42. The summed E-state index contributed by atoms with van der Waals surface area (Å²) in [4.78, 5) is 8.67. The number of aliphatic hydroxyl groups is 1. The van der Waals surface area contributed by atoms with Gasteiger partial charge in [0.05, 0.1) is 34.2 Å². The third-order valence-electron chi connectivity index (χ3n) is 7.69. The summed E-state index contributed by atoms with van der Waals surface area (Å²) >= 11 is 0. The number of halogens is 1. The predicted octanol–water partition coefficient (Wildman–Crippen LogP) is 5.63.